The Bertz CT molecular complexity index is 456. The average Bonchev–Trinajstić information content (AvgIpc) is 2.35. The first-order valence-corrected chi connectivity index (χ1v) is 6.62. The zero-order valence-electron chi connectivity index (χ0n) is 12.7. The molecule has 0 aliphatic carbocycles. The molecule has 0 bridgehead atoms. The first-order chi connectivity index (χ1) is 9.76. The molecule has 0 unspecified atom stereocenters. The molecule has 0 spiro atoms. The van der Waals surface area contributed by atoms with Crippen molar-refractivity contribution in [3.05, 3.63) is 29.8 Å². The molecule has 134 valence electrons. The number of alkyl halides is 3. The van der Waals surface area contributed by atoms with E-state index in [1.54, 1.807) is 24.3 Å². The highest BCUT2D eigenvalue weighted by molar-refractivity contribution is 5.85. The van der Waals surface area contributed by atoms with Crippen molar-refractivity contribution in [2.75, 3.05) is 32.4 Å². The second-order valence-electron chi connectivity index (χ2n) is 4.97. The van der Waals surface area contributed by atoms with Crippen LogP contribution < -0.4 is 11.1 Å². The van der Waals surface area contributed by atoms with Gasteiger partial charge in [0.1, 0.15) is 0 Å². The summed E-state index contributed by atoms with van der Waals surface area (Å²) in [6, 6.07) is 6.97. The fourth-order valence-electron chi connectivity index (χ4n) is 1.85. The number of hydrogen-bond acceptors (Lipinski definition) is 3. The average molecular weight is 376 g/mol. The van der Waals surface area contributed by atoms with Gasteiger partial charge < -0.3 is 11.1 Å². The van der Waals surface area contributed by atoms with E-state index in [9.17, 15) is 18.0 Å². The van der Waals surface area contributed by atoms with Crippen molar-refractivity contribution in [1.29, 1.82) is 0 Å². The van der Waals surface area contributed by atoms with Crippen LogP contribution in [0.4, 0.5) is 18.9 Å². The van der Waals surface area contributed by atoms with Crippen LogP contribution in [0, 0.1) is 0 Å². The molecule has 0 aliphatic rings. The molecule has 0 fully saturated rings. The monoisotopic (exact) mass is 375 g/mol. The minimum absolute atomic E-state index is 0. The van der Waals surface area contributed by atoms with Crippen molar-refractivity contribution < 1.29 is 18.0 Å². The van der Waals surface area contributed by atoms with Crippen LogP contribution in [0.5, 0.6) is 0 Å². The SMILES string of the molecule is CN(CCCNC(=O)Cc1ccc(N)cc1)CC(F)(F)F.Cl.Cl. The number of rotatable bonds is 7. The number of nitrogens with one attached hydrogen (secondary N) is 1. The third-order valence-corrected chi connectivity index (χ3v) is 2.83. The van der Waals surface area contributed by atoms with E-state index in [0.717, 1.165) is 5.56 Å². The normalized spacial score (nSPS) is 10.7. The van der Waals surface area contributed by atoms with Crippen LogP contribution in [0.3, 0.4) is 0 Å². The van der Waals surface area contributed by atoms with Crippen molar-refractivity contribution >= 4 is 36.4 Å². The standard InChI is InChI=1S/C14H20F3N3O.2ClH/c1-20(10-14(15,16)17)8-2-7-19-13(21)9-11-3-5-12(18)6-4-11;;/h3-6H,2,7-10,18H2,1H3,(H,19,21);2*1H. The number of nitrogens with two attached hydrogens (primary N) is 1. The zero-order chi connectivity index (χ0) is 15.9. The summed E-state index contributed by atoms with van der Waals surface area (Å²) in [4.78, 5) is 12.8. The Hall–Kier alpha value is -1.18. The van der Waals surface area contributed by atoms with Crippen LogP contribution >= 0.6 is 24.8 Å². The van der Waals surface area contributed by atoms with Gasteiger partial charge in [-0.15, -0.1) is 24.8 Å². The summed E-state index contributed by atoms with van der Waals surface area (Å²) in [5, 5.41) is 2.69. The summed E-state index contributed by atoms with van der Waals surface area (Å²) in [7, 11) is 1.41. The van der Waals surface area contributed by atoms with Gasteiger partial charge in [0.05, 0.1) is 13.0 Å². The number of nitrogen functional groups attached to an aromatic ring is 1. The Morgan fingerprint density at radius 2 is 1.78 bits per heavy atom. The number of carbonyl (C=O) groups excluding carboxylic acids is 1. The Balaban J connectivity index is 0. The van der Waals surface area contributed by atoms with Gasteiger partial charge in [-0.05, 0) is 37.7 Å². The van der Waals surface area contributed by atoms with Gasteiger partial charge in [0.25, 0.3) is 0 Å². The van der Waals surface area contributed by atoms with Gasteiger partial charge in [-0.1, -0.05) is 12.1 Å². The van der Waals surface area contributed by atoms with Crippen LogP contribution in [0.25, 0.3) is 0 Å². The van der Waals surface area contributed by atoms with Crippen molar-refractivity contribution in [2.24, 2.45) is 0 Å². The maximum Gasteiger partial charge on any atom is 0.401 e. The third-order valence-electron chi connectivity index (χ3n) is 2.83. The lowest BCUT2D eigenvalue weighted by Crippen LogP contribution is -2.34. The second kappa shape index (κ2) is 11.4. The van der Waals surface area contributed by atoms with Gasteiger partial charge in [0.2, 0.25) is 5.91 Å². The summed E-state index contributed by atoms with van der Waals surface area (Å²) in [5.41, 5.74) is 7.02. The molecule has 1 aromatic rings. The summed E-state index contributed by atoms with van der Waals surface area (Å²) in [6.45, 7) is -0.302. The molecule has 0 saturated heterocycles. The molecular formula is C14H22Cl2F3N3O. The largest absolute Gasteiger partial charge is 0.401 e. The molecular weight excluding hydrogens is 354 g/mol. The lowest BCUT2D eigenvalue weighted by Gasteiger charge is -2.18. The second-order valence-corrected chi connectivity index (χ2v) is 4.97. The molecule has 0 saturated carbocycles. The summed E-state index contributed by atoms with van der Waals surface area (Å²) >= 11 is 0. The van der Waals surface area contributed by atoms with E-state index in [1.165, 1.54) is 11.9 Å². The molecule has 4 nitrogen and oxygen atoms in total. The summed E-state index contributed by atoms with van der Waals surface area (Å²) in [6.07, 6.45) is -3.48. The third kappa shape index (κ3) is 12.0. The van der Waals surface area contributed by atoms with Crippen molar-refractivity contribution in [2.45, 2.75) is 19.0 Å². The molecule has 0 aliphatic heterocycles. The van der Waals surface area contributed by atoms with Crippen molar-refractivity contribution in [1.82, 2.24) is 10.2 Å². The molecule has 0 atom stereocenters. The van der Waals surface area contributed by atoms with Gasteiger partial charge in [0, 0.05) is 12.2 Å². The lowest BCUT2D eigenvalue weighted by molar-refractivity contribution is -0.143. The van der Waals surface area contributed by atoms with E-state index in [2.05, 4.69) is 5.32 Å². The number of halogens is 5. The minimum atomic E-state index is -4.19. The number of amides is 1. The van der Waals surface area contributed by atoms with E-state index >= 15 is 0 Å². The smallest absolute Gasteiger partial charge is 0.399 e. The topological polar surface area (TPSA) is 58.4 Å². The van der Waals surface area contributed by atoms with Crippen LogP contribution in [0.1, 0.15) is 12.0 Å². The predicted molar refractivity (Wildman–Crippen MR) is 90.2 cm³/mol. The fourth-order valence-corrected chi connectivity index (χ4v) is 1.85. The van der Waals surface area contributed by atoms with E-state index in [1.807, 2.05) is 0 Å². The Morgan fingerprint density at radius 1 is 1.22 bits per heavy atom. The quantitative estimate of drug-likeness (QED) is 0.568. The fraction of sp³-hybridized carbons (Fsp3) is 0.500. The maximum absolute atomic E-state index is 12.1. The lowest BCUT2D eigenvalue weighted by atomic mass is 10.1. The van der Waals surface area contributed by atoms with Gasteiger partial charge >= 0.3 is 6.18 Å². The Morgan fingerprint density at radius 3 is 2.30 bits per heavy atom. The molecule has 23 heavy (non-hydrogen) atoms. The van der Waals surface area contributed by atoms with E-state index < -0.39 is 12.7 Å². The first kappa shape index (κ1) is 24.1. The number of anilines is 1. The Kier molecular flexibility index (Phi) is 11.9. The van der Waals surface area contributed by atoms with Gasteiger partial charge in [-0.25, -0.2) is 0 Å². The molecule has 0 aromatic heterocycles. The number of nitrogens with zero attached hydrogens (tertiary/aromatic N) is 1. The van der Waals surface area contributed by atoms with Crippen molar-refractivity contribution in [3.63, 3.8) is 0 Å². The van der Waals surface area contributed by atoms with Gasteiger partial charge in [-0.2, -0.15) is 13.2 Å². The zero-order valence-corrected chi connectivity index (χ0v) is 14.4. The summed E-state index contributed by atoms with van der Waals surface area (Å²) < 4.78 is 36.3. The molecule has 9 heteroatoms. The minimum Gasteiger partial charge on any atom is -0.399 e. The molecule has 3 N–H and O–H groups in total. The molecule has 1 amide bonds. The highest BCUT2D eigenvalue weighted by Gasteiger charge is 2.28. The number of hydrogen-bond donors (Lipinski definition) is 2. The van der Waals surface area contributed by atoms with Gasteiger partial charge in [0.15, 0.2) is 0 Å². The number of benzene rings is 1. The maximum atomic E-state index is 12.1. The molecule has 0 heterocycles. The van der Waals surface area contributed by atoms with Crippen LogP contribution in [-0.2, 0) is 11.2 Å². The van der Waals surface area contributed by atoms with Crippen LogP contribution in [0.15, 0.2) is 24.3 Å². The van der Waals surface area contributed by atoms with E-state index in [-0.39, 0.29) is 43.7 Å². The van der Waals surface area contributed by atoms with Crippen molar-refractivity contribution in [3.8, 4) is 0 Å². The highest BCUT2D eigenvalue weighted by Crippen LogP contribution is 2.15. The predicted octanol–water partition coefficient (Wildman–Crippen LogP) is 2.66. The van der Waals surface area contributed by atoms with Crippen LogP contribution in [0.2, 0.25) is 0 Å². The molecule has 1 aromatic carbocycles. The highest BCUT2D eigenvalue weighted by atomic mass is 35.5. The van der Waals surface area contributed by atoms with E-state index in [0.29, 0.717) is 18.7 Å². The first-order valence-electron chi connectivity index (χ1n) is 6.62. The summed E-state index contributed by atoms with van der Waals surface area (Å²) in [5.74, 6) is -0.154. The van der Waals surface area contributed by atoms with Crippen LogP contribution in [-0.4, -0.2) is 43.7 Å². The molecule has 0 radical (unpaired) electrons. The van der Waals surface area contributed by atoms with E-state index in [4.69, 9.17) is 5.73 Å². The number of carbonyl (C=O) groups is 1. The van der Waals surface area contributed by atoms with Gasteiger partial charge in [-0.3, -0.25) is 9.69 Å². The Labute approximate surface area is 146 Å². The molecule has 1 rings (SSSR count).